The highest BCUT2D eigenvalue weighted by Gasteiger charge is 2.36. The van der Waals surface area contributed by atoms with Crippen LogP contribution in [0.15, 0.2) is 54.6 Å². The number of ether oxygens (including phenoxy) is 1. The highest BCUT2D eigenvalue weighted by atomic mass is 35.5. The van der Waals surface area contributed by atoms with Gasteiger partial charge in [0.2, 0.25) is 5.91 Å². The second kappa shape index (κ2) is 14.2. The first kappa shape index (κ1) is 29.6. The predicted molar refractivity (Wildman–Crippen MR) is 155 cm³/mol. The molecular weight excluding hydrogens is 507 g/mol. The molecule has 0 spiro atoms. The number of piperazine rings is 1. The minimum absolute atomic E-state index is 0. The number of anilines is 1. The zero-order valence-corrected chi connectivity index (χ0v) is 23.5. The Bertz CT molecular complexity index is 971. The second-order valence-corrected chi connectivity index (χ2v) is 10.5. The van der Waals surface area contributed by atoms with Crippen LogP contribution in [-0.2, 0) is 11.3 Å². The number of fused-ring (bicyclic) bond motifs is 2. The Balaban J connectivity index is 0.00000190. The number of hydrogen-bond acceptors (Lipinski definition) is 5. The minimum Gasteiger partial charge on any atom is -0.497 e. The summed E-state index contributed by atoms with van der Waals surface area (Å²) in [6.07, 6.45) is 4.09. The van der Waals surface area contributed by atoms with Gasteiger partial charge in [-0.15, -0.1) is 24.8 Å². The molecule has 3 heterocycles. The molecule has 3 fully saturated rings. The van der Waals surface area contributed by atoms with Crippen molar-refractivity contribution in [1.82, 2.24) is 15.1 Å². The molecule has 0 radical (unpaired) electrons. The van der Waals surface area contributed by atoms with Crippen molar-refractivity contribution in [3.05, 3.63) is 60.2 Å². The van der Waals surface area contributed by atoms with Crippen molar-refractivity contribution in [3.8, 4) is 5.75 Å². The van der Waals surface area contributed by atoms with Crippen molar-refractivity contribution in [2.45, 2.75) is 38.3 Å². The molecule has 3 aliphatic heterocycles. The summed E-state index contributed by atoms with van der Waals surface area (Å²) in [5, 5.41) is 3.82. The lowest BCUT2D eigenvalue weighted by molar-refractivity contribution is -0.131. The van der Waals surface area contributed by atoms with Crippen LogP contribution in [0.1, 0.15) is 31.2 Å². The Morgan fingerprint density at radius 2 is 1.78 bits per heavy atom. The zero-order valence-electron chi connectivity index (χ0n) is 21.9. The van der Waals surface area contributed by atoms with Gasteiger partial charge in [-0.05, 0) is 55.3 Å². The van der Waals surface area contributed by atoms with Crippen LogP contribution in [0.4, 0.5) is 5.69 Å². The molecule has 6 nitrogen and oxygen atoms in total. The zero-order chi connectivity index (χ0) is 24.0. The molecule has 0 aromatic heterocycles. The maximum absolute atomic E-state index is 12.9. The van der Waals surface area contributed by atoms with Gasteiger partial charge in [0, 0.05) is 70.0 Å². The monoisotopic (exact) mass is 548 g/mol. The number of piperidine rings is 2. The number of benzene rings is 2. The summed E-state index contributed by atoms with van der Waals surface area (Å²) < 4.78 is 5.36. The molecule has 2 aromatic carbocycles. The number of rotatable bonds is 8. The van der Waals surface area contributed by atoms with Crippen LogP contribution in [0.5, 0.6) is 5.75 Å². The van der Waals surface area contributed by atoms with E-state index in [-0.39, 0.29) is 24.8 Å². The summed E-state index contributed by atoms with van der Waals surface area (Å²) in [4.78, 5) is 20.0. The quantitative estimate of drug-likeness (QED) is 0.527. The molecule has 0 aliphatic carbocycles. The first-order chi connectivity index (χ1) is 17.2. The number of halogens is 2. The Morgan fingerprint density at radius 3 is 2.54 bits per heavy atom. The lowest BCUT2D eigenvalue weighted by Crippen LogP contribution is -2.55. The molecule has 37 heavy (non-hydrogen) atoms. The van der Waals surface area contributed by atoms with Gasteiger partial charge >= 0.3 is 0 Å². The molecule has 0 saturated carbocycles. The first-order valence-electron chi connectivity index (χ1n) is 13.3. The first-order valence-corrected chi connectivity index (χ1v) is 13.3. The molecule has 2 bridgehead atoms. The van der Waals surface area contributed by atoms with E-state index in [1.54, 1.807) is 7.11 Å². The lowest BCUT2D eigenvalue weighted by Gasteiger charge is -2.46. The molecule has 2 aromatic rings. The Kier molecular flexibility index (Phi) is 11.4. The molecule has 3 saturated heterocycles. The third-order valence-corrected chi connectivity index (χ3v) is 8.09. The maximum Gasteiger partial charge on any atom is 0.222 e. The molecule has 2 unspecified atom stereocenters. The smallest absolute Gasteiger partial charge is 0.222 e. The molecule has 204 valence electrons. The van der Waals surface area contributed by atoms with Gasteiger partial charge in [0.05, 0.1) is 7.11 Å². The van der Waals surface area contributed by atoms with Crippen molar-refractivity contribution in [2.24, 2.45) is 11.8 Å². The Labute approximate surface area is 234 Å². The van der Waals surface area contributed by atoms with Gasteiger partial charge < -0.3 is 19.9 Å². The normalized spacial score (nSPS) is 23.5. The van der Waals surface area contributed by atoms with E-state index in [9.17, 15) is 4.79 Å². The summed E-state index contributed by atoms with van der Waals surface area (Å²) in [5.41, 5.74) is 2.58. The van der Waals surface area contributed by atoms with Crippen LogP contribution in [-0.4, -0.2) is 74.7 Å². The standard InChI is InChI=1S/C29H40N4O2.2ClH/c1-35-27-10-5-9-26(18-27)32-13-15-33(16-14-32)29(34)12-6-11-28-25-17-24(19-30-28)21-31(22-25)20-23-7-3-2-4-8-23;;/h2-5,7-10,18,24-25,28,30H,6,11-17,19-22H2,1H3;2*1H/t24?,25?,28-;;/m1../s1. The van der Waals surface area contributed by atoms with Crippen LogP contribution in [0.25, 0.3) is 0 Å². The third-order valence-electron chi connectivity index (χ3n) is 8.09. The number of amides is 1. The number of methoxy groups -OCH3 is 1. The minimum atomic E-state index is 0. The molecule has 1 amide bonds. The fourth-order valence-corrected chi connectivity index (χ4v) is 6.23. The predicted octanol–water partition coefficient (Wildman–Crippen LogP) is 4.47. The van der Waals surface area contributed by atoms with Crippen LogP contribution < -0.4 is 15.0 Å². The summed E-state index contributed by atoms with van der Waals surface area (Å²) in [6.45, 7) is 7.91. The van der Waals surface area contributed by atoms with Gasteiger partial charge in [-0.2, -0.15) is 0 Å². The van der Waals surface area contributed by atoms with Crippen molar-refractivity contribution >= 4 is 36.4 Å². The van der Waals surface area contributed by atoms with E-state index >= 15 is 0 Å². The summed E-state index contributed by atoms with van der Waals surface area (Å²) in [5.74, 6) is 2.66. The second-order valence-electron chi connectivity index (χ2n) is 10.5. The summed E-state index contributed by atoms with van der Waals surface area (Å²) in [6, 6.07) is 19.6. The van der Waals surface area contributed by atoms with Gasteiger partial charge in [0.1, 0.15) is 5.75 Å². The SMILES string of the molecule is COc1cccc(N2CCN(C(=O)CCC[C@H]3NCC4CC3CN(Cc3ccccc3)C4)CC2)c1.Cl.Cl. The van der Waals surface area contributed by atoms with Crippen LogP contribution in [0, 0.1) is 11.8 Å². The number of likely N-dealkylation sites (tertiary alicyclic amines) is 1. The van der Waals surface area contributed by atoms with Gasteiger partial charge in [0.15, 0.2) is 0 Å². The number of hydrogen-bond donors (Lipinski definition) is 1. The van der Waals surface area contributed by atoms with Crippen LogP contribution in [0.2, 0.25) is 0 Å². The molecule has 5 rings (SSSR count). The average Bonchev–Trinajstić information content (AvgIpc) is 2.90. The maximum atomic E-state index is 12.9. The highest BCUT2D eigenvalue weighted by Crippen LogP contribution is 2.31. The van der Waals surface area contributed by atoms with E-state index in [1.165, 1.54) is 30.8 Å². The van der Waals surface area contributed by atoms with E-state index < -0.39 is 0 Å². The Morgan fingerprint density at radius 1 is 1.00 bits per heavy atom. The number of carbonyl (C=O) groups is 1. The highest BCUT2D eigenvalue weighted by molar-refractivity contribution is 5.85. The summed E-state index contributed by atoms with van der Waals surface area (Å²) >= 11 is 0. The van der Waals surface area contributed by atoms with Gasteiger partial charge in [-0.3, -0.25) is 9.69 Å². The number of nitrogens with one attached hydrogen (secondary N) is 1. The van der Waals surface area contributed by atoms with E-state index in [2.05, 4.69) is 62.5 Å². The van der Waals surface area contributed by atoms with Crippen molar-refractivity contribution in [1.29, 1.82) is 0 Å². The molecule has 3 aliphatic rings. The average molecular weight is 550 g/mol. The van der Waals surface area contributed by atoms with Crippen LogP contribution >= 0.6 is 24.8 Å². The fourth-order valence-electron chi connectivity index (χ4n) is 6.23. The molecule has 1 N–H and O–H groups in total. The van der Waals surface area contributed by atoms with E-state index in [0.717, 1.165) is 63.8 Å². The molecular formula is C29H42Cl2N4O2. The van der Waals surface area contributed by atoms with E-state index in [0.29, 0.717) is 24.3 Å². The Hall–Kier alpha value is -1.99. The van der Waals surface area contributed by atoms with Gasteiger partial charge in [-0.25, -0.2) is 0 Å². The van der Waals surface area contributed by atoms with E-state index in [1.807, 2.05) is 12.1 Å². The van der Waals surface area contributed by atoms with Gasteiger partial charge in [0.25, 0.3) is 0 Å². The molecule has 8 heteroatoms. The van der Waals surface area contributed by atoms with Crippen molar-refractivity contribution < 1.29 is 9.53 Å². The van der Waals surface area contributed by atoms with E-state index in [4.69, 9.17) is 4.74 Å². The lowest BCUT2D eigenvalue weighted by atomic mass is 9.79. The van der Waals surface area contributed by atoms with Crippen LogP contribution in [0.3, 0.4) is 0 Å². The third kappa shape index (κ3) is 7.76. The van der Waals surface area contributed by atoms with Crippen molar-refractivity contribution in [3.63, 3.8) is 0 Å². The largest absolute Gasteiger partial charge is 0.497 e. The number of carbonyl (C=O) groups excluding carboxylic acids is 1. The molecule has 3 atom stereocenters. The fraction of sp³-hybridized carbons (Fsp3) is 0.552. The topological polar surface area (TPSA) is 48.1 Å². The van der Waals surface area contributed by atoms with Gasteiger partial charge in [-0.1, -0.05) is 36.4 Å². The van der Waals surface area contributed by atoms with Crippen molar-refractivity contribution in [2.75, 3.05) is 57.8 Å². The number of nitrogens with zero attached hydrogens (tertiary/aromatic N) is 3. The summed E-state index contributed by atoms with van der Waals surface area (Å²) in [7, 11) is 1.70.